The maximum absolute atomic E-state index is 12.4. The summed E-state index contributed by atoms with van der Waals surface area (Å²) in [5.41, 5.74) is 4.00. The van der Waals surface area contributed by atoms with E-state index < -0.39 is 0 Å². The fourth-order valence-electron chi connectivity index (χ4n) is 2.75. The molecule has 25 heavy (non-hydrogen) atoms. The molecular formula is C18H19N3O3S. The molecule has 2 aromatic heterocycles. The molecule has 0 spiro atoms. The molecule has 2 heterocycles. The molecule has 0 atom stereocenters. The summed E-state index contributed by atoms with van der Waals surface area (Å²) in [7, 11) is 0. The molecule has 2 N–H and O–H groups in total. The second-order valence-corrected chi connectivity index (χ2v) is 6.78. The minimum Gasteiger partial charge on any atom is -0.431 e. The number of amides is 1. The number of H-pyrrole nitrogens is 1. The van der Waals surface area contributed by atoms with E-state index >= 15 is 0 Å². The van der Waals surface area contributed by atoms with Crippen LogP contribution in [0.2, 0.25) is 0 Å². The van der Waals surface area contributed by atoms with Crippen molar-refractivity contribution in [3.63, 3.8) is 0 Å². The van der Waals surface area contributed by atoms with Gasteiger partial charge in [-0.15, -0.1) is 0 Å². The van der Waals surface area contributed by atoms with Gasteiger partial charge in [-0.05, 0) is 31.5 Å². The highest BCUT2D eigenvalue weighted by Gasteiger charge is 2.19. The van der Waals surface area contributed by atoms with Crippen molar-refractivity contribution in [3.8, 4) is 0 Å². The summed E-state index contributed by atoms with van der Waals surface area (Å²) in [6.07, 6.45) is 0. The SMILES string of the molecule is CC(=O)c1[nH]c(C)c(C(=O)NCCSc2nc3ccccc3o2)c1C. The first kappa shape index (κ1) is 17.3. The van der Waals surface area contributed by atoms with Gasteiger partial charge in [0, 0.05) is 24.9 Å². The third kappa shape index (κ3) is 3.61. The van der Waals surface area contributed by atoms with Gasteiger partial charge in [0.2, 0.25) is 0 Å². The zero-order valence-electron chi connectivity index (χ0n) is 14.3. The zero-order valence-corrected chi connectivity index (χ0v) is 15.1. The summed E-state index contributed by atoms with van der Waals surface area (Å²) in [6, 6.07) is 7.59. The van der Waals surface area contributed by atoms with Crippen molar-refractivity contribution in [3.05, 3.63) is 46.8 Å². The number of hydrogen-bond donors (Lipinski definition) is 2. The number of carbonyl (C=O) groups excluding carboxylic acids is 2. The standard InChI is InChI=1S/C18H19N3O3S/c1-10-15(11(2)20-16(10)12(3)22)17(23)19-8-9-25-18-21-13-6-4-5-7-14(13)24-18/h4-7,20H,8-9H2,1-3H3,(H,19,23). The summed E-state index contributed by atoms with van der Waals surface area (Å²) in [5, 5.41) is 3.46. The highest BCUT2D eigenvalue weighted by atomic mass is 32.2. The predicted molar refractivity (Wildman–Crippen MR) is 97.3 cm³/mol. The van der Waals surface area contributed by atoms with Gasteiger partial charge in [-0.1, -0.05) is 23.9 Å². The van der Waals surface area contributed by atoms with Crippen LogP contribution in [0.15, 0.2) is 33.9 Å². The van der Waals surface area contributed by atoms with Crippen molar-refractivity contribution in [1.29, 1.82) is 0 Å². The van der Waals surface area contributed by atoms with E-state index in [2.05, 4.69) is 15.3 Å². The molecule has 0 saturated carbocycles. The first-order valence-corrected chi connectivity index (χ1v) is 8.92. The van der Waals surface area contributed by atoms with Crippen LogP contribution in [-0.2, 0) is 0 Å². The summed E-state index contributed by atoms with van der Waals surface area (Å²) in [4.78, 5) is 31.3. The Bertz CT molecular complexity index is 909. The average molecular weight is 357 g/mol. The number of aromatic nitrogens is 2. The van der Waals surface area contributed by atoms with Gasteiger partial charge < -0.3 is 14.7 Å². The number of aromatic amines is 1. The lowest BCUT2D eigenvalue weighted by molar-refractivity contribution is 0.0955. The monoisotopic (exact) mass is 357 g/mol. The van der Waals surface area contributed by atoms with Crippen LogP contribution in [-0.4, -0.2) is 34.0 Å². The minimum atomic E-state index is -0.183. The second kappa shape index (κ2) is 7.14. The van der Waals surface area contributed by atoms with Gasteiger partial charge >= 0.3 is 0 Å². The molecule has 0 radical (unpaired) electrons. The molecule has 0 aliphatic rings. The molecule has 0 fully saturated rings. The summed E-state index contributed by atoms with van der Waals surface area (Å²) < 4.78 is 5.62. The number of para-hydroxylation sites is 2. The minimum absolute atomic E-state index is 0.0776. The number of hydrogen-bond acceptors (Lipinski definition) is 5. The Morgan fingerprint density at radius 1 is 1.28 bits per heavy atom. The molecule has 0 aliphatic heterocycles. The van der Waals surface area contributed by atoms with E-state index in [1.807, 2.05) is 24.3 Å². The molecule has 3 aromatic rings. The first-order valence-electron chi connectivity index (χ1n) is 7.94. The van der Waals surface area contributed by atoms with Gasteiger partial charge in [0.25, 0.3) is 11.1 Å². The highest BCUT2D eigenvalue weighted by Crippen LogP contribution is 2.23. The fourth-order valence-corrected chi connectivity index (χ4v) is 3.44. The van der Waals surface area contributed by atoms with E-state index in [1.165, 1.54) is 18.7 Å². The Labute approximate surface area is 149 Å². The molecule has 7 heteroatoms. The van der Waals surface area contributed by atoms with Crippen LogP contribution in [0, 0.1) is 13.8 Å². The van der Waals surface area contributed by atoms with Crippen LogP contribution in [0.5, 0.6) is 0 Å². The number of thioether (sulfide) groups is 1. The number of aryl methyl sites for hydroxylation is 1. The van der Waals surface area contributed by atoms with E-state index in [0.29, 0.717) is 40.0 Å². The Hall–Kier alpha value is -2.54. The topological polar surface area (TPSA) is 88.0 Å². The third-order valence-electron chi connectivity index (χ3n) is 3.90. The number of oxazole rings is 1. The summed E-state index contributed by atoms with van der Waals surface area (Å²) >= 11 is 1.45. The fraction of sp³-hybridized carbons (Fsp3) is 0.278. The van der Waals surface area contributed by atoms with Crippen molar-refractivity contribution in [2.45, 2.75) is 26.0 Å². The van der Waals surface area contributed by atoms with Crippen LogP contribution in [0.1, 0.15) is 39.0 Å². The van der Waals surface area contributed by atoms with Crippen LogP contribution in [0.25, 0.3) is 11.1 Å². The largest absolute Gasteiger partial charge is 0.431 e. The van der Waals surface area contributed by atoms with Gasteiger partial charge in [-0.3, -0.25) is 9.59 Å². The van der Waals surface area contributed by atoms with E-state index in [9.17, 15) is 9.59 Å². The van der Waals surface area contributed by atoms with Crippen molar-refractivity contribution < 1.29 is 14.0 Å². The number of nitrogens with zero attached hydrogens (tertiary/aromatic N) is 1. The quantitative estimate of drug-likeness (QED) is 0.400. The van der Waals surface area contributed by atoms with Gasteiger partial charge in [-0.25, -0.2) is 4.98 Å². The number of benzene rings is 1. The molecular weight excluding hydrogens is 338 g/mol. The predicted octanol–water partition coefficient (Wildman–Crippen LogP) is 3.50. The van der Waals surface area contributed by atoms with Gasteiger partial charge in [0.15, 0.2) is 11.4 Å². The molecule has 0 saturated heterocycles. The normalized spacial score (nSPS) is 11.0. The van der Waals surface area contributed by atoms with Crippen LogP contribution < -0.4 is 5.32 Å². The maximum Gasteiger partial charge on any atom is 0.256 e. The maximum atomic E-state index is 12.4. The zero-order chi connectivity index (χ0) is 18.0. The lowest BCUT2D eigenvalue weighted by Crippen LogP contribution is -2.26. The Morgan fingerprint density at radius 2 is 2.04 bits per heavy atom. The molecule has 0 unspecified atom stereocenters. The number of rotatable bonds is 6. The first-order chi connectivity index (χ1) is 12.0. The van der Waals surface area contributed by atoms with E-state index in [-0.39, 0.29) is 11.7 Å². The smallest absolute Gasteiger partial charge is 0.256 e. The molecule has 1 amide bonds. The second-order valence-electron chi connectivity index (χ2n) is 5.73. The number of nitrogens with one attached hydrogen (secondary N) is 2. The van der Waals surface area contributed by atoms with Crippen LogP contribution >= 0.6 is 11.8 Å². The van der Waals surface area contributed by atoms with Gasteiger partial charge in [0.05, 0.1) is 11.3 Å². The average Bonchev–Trinajstić information content (AvgIpc) is 3.11. The van der Waals surface area contributed by atoms with Crippen molar-refractivity contribution in [1.82, 2.24) is 15.3 Å². The van der Waals surface area contributed by atoms with Crippen LogP contribution in [0.3, 0.4) is 0 Å². The van der Waals surface area contributed by atoms with Crippen molar-refractivity contribution >= 4 is 34.6 Å². The van der Waals surface area contributed by atoms with Crippen molar-refractivity contribution in [2.24, 2.45) is 0 Å². The molecule has 6 nitrogen and oxygen atoms in total. The number of Topliss-reactive ketones (excluding diaryl/α,β-unsaturated/α-hetero) is 1. The molecule has 1 aromatic carbocycles. The third-order valence-corrected chi connectivity index (χ3v) is 4.73. The summed E-state index contributed by atoms with van der Waals surface area (Å²) in [5.74, 6) is 0.378. The Kier molecular flexibility index (Phi) is 4.94. The molecule has 130 valence electrons. The molecule has 0 bridgehead atoms. The molecule has 3 rings (SSSR count). The number of fused-ring (bicyclic) bond motifs is 1. The number of carbonyl (C=O) groups is 2. The van der Waals surface area contributed by atoms with E-state index in [0.717, 1.165) is 11.1 Å². The van der Waals surface area contributed by atoms with Gasteiger partial charge in [-0.2, -0.15) is 0 Å². The molecule has 0 aliphatic carbocycles. The summed E-state index contributed by atoms with van der Waals surface area (Å²) in [6.45, 7) is 5.53. The Balaban J connectivity index is 1.57. The van der Waals surface area contributed by atoms with Gasteiger partial charge in [0.1, 0.15) is 5.52 Å². The lowest BCUT2D eigenvalue weighted by atomic mass is 10.1. The highest BCUT2D eigenvalue weighted by molar-refractivity contribution is 7.99. The lowest BCUT2D eigenvalue weighted by Gasteiger charge is -2.05. The van der Waals surface area contributed by atoms with Crippen molar-refractivity contribution in [2.75, 3.05) is 12.3 Å². The Morgan fingerprint density at radius 3 is 2.72 bits per heavy atom. The van der Waals surface area contributed by atoms with E-state index in [1.54, 1.807) is 13.8 Å². The van der Waals surface area contributed by atoms with Crippen LogP contribution in [0.4, 0.5) is 0 Å². The number of ketones is 1. The van der Waals surface area contributed by atoms with E-state index in [4.69, 9.17) is 4.42 Å².